The Morgan fingerprint density at radius 3 is 2.55 bits per heavy atom. The van der Waals surface area contributed by atoms with Crippen LogP contribution in [0.15, 0.2) is 48.7 Å². The van der Waals surface area contributed by atoms with Crippen LogP contribution in [-0.2, 0) is 11.0 Å². The molecule has 0 unspecified atom stereocenters. The summed E-state index contributed by atoms with van der Waals surface area (Å²) < 4.78 is 64.2. The number of alkyl halides is 3. The molecule has 6 rings (SSSR count). The Hall–Kier alpha value is -4.49. The third kappa shape index (κ3) is 6.29. The topological polar surface area (TPSA) is 125 Å². The molecule has 9 nitrogen and oxygen atoms in total. The summed E-state index contributed by atoms with van der Waals surface area (Å²) in [7, 11) is 0. The number of aliphatic hydroxyl groups is 1. The molecule has 0 spiro atoms. The van der Waals surface area contributed by atoms with Gasteiger partial charge in [0, 0.05) is 39.7 Å². The number of aryl methyl sites for hydroxylation is 1. The first-order valence-electron chi connectivity index (χ1n) is 14.8. The number of amides is 3. The van der Waals surface area contributed by atoms with Crippen LogP contribution in [0.1, 0.15) is 53.9 Å². The first kappa shape index (κ1) is 32.5. The van der Waals surface area contributed by atoms with E-state index in [0.29, 0.717) is 16.5 Å². The smallest absolute Gasteiger partial charge is 0.424 e. The third-order valence-electron chi connectivity index (χ3n) is 8.21. The van der Waals surface area contributed by atoms with Gasteiger partial charge < -0.3 is 25.8 Å². The van der Waals surface area contributed by atoms with Crippen LogP contribution in [-0.4, -0.2) is 52.4 Å². The van der Waals surface area contributed by atoms with Gasteiger partial charge in [0.15, 0.2) is 0 Å². The van der Waals surface area contributed by atoms with Gasteiger partial charge in [0.05, 0.1) is 35.1 Å². The van der Waals surface area contributed by atoms with Crippen LogP contribution >= 0.6 is 11.6 Å². The molecule has 0 bridgehead atoms. The summed E-state index contributed by atoms with van der Waals surface area (Å²) in [6.45, 7) is 4.10. The molecule has 1 fully saturated rings. The summed E-state index contributed by atoms with van der Waals surface area (Å²) in [5, 5.41) is 19.2. The highest BCUT2D eigenvalue weighted by Crippen LogP contribution is 2.48. The lowest BCUT2D eigenvalue weighted by Gasteiger charge is -2.31. The van der Waals surface area contributed by atoms with Crippen molar-refractivity contribution >= 4 is 40.1 Å². The number of ether oxygens (including phenoxy) is 1. The zero-order chi connectivity index (χ0) is 33.9. The minimum atomic E-state index is -5.30. The molecule has 0 saturated heterocycles. The molecule has 1 saturated carbocycles. The SMILES string of the molecule is Cc1cnc2c(NC(=O)NC3CC3)cc(C(=O)NC[C@](O)(c3cc4c(c(-c5ccc(F)c(Cl)c5)n3)OCC4(C)C)C(F)(F)F)cc2c1. The van der Waals surface area contributed by atoms with Gasteiger partial charge >= 0.3 is 12.2 Å². The van der Waals surface area contributed by atoms with E-state index in [1.54, 1.807) is 33.0 Å². The molecule has 1 aliphatic carbocycles. The second-order valence-corrected chi connectivity index (χ2v) is 13.0. The highest BCUT2D eigenvalue weighted by atomic mass is 35.5. The number of anilines is 1. The summed E-state index contributed by atoms with van der Waals surface area (Å²) in [6, 6.07) is 8.67. The molecule has 3 heterocycles. The Kier molecular flexibility index (Phi) is 8.03. The van der Waals surface area contributed by atoms with Gasteiger partial charge in [-0.05, 0) is 67.8 Å². The van der Waals surface area contributed by atoms with E-state index >= 15 is 0 Å². The molecule has 1 atom stereocenters. The van der Waals surface area contributed by atoms with E-state index in [1.165, 1.54) is 24.3 Å². The van der Waals surface area contributed by atoms with Gasteiger partial charge in [0.2, 0.25) is 5.60 Å². The zero-order valence-corrected chi connectivity index (χ0v) is 26.2. The highest BCUT2D eigenvalue weighted by Gasteiger charge is 2.57. The van der Waals surface area contributed by atoms with Gasteiger partial charge in [0.25, 0.3) is 5.91 Å². The number of halogens is 5. The van der Waals surface area contributed by atoms with Crippen molar-refractivity contribution in [3.05, 3.63) is 81.9 Å². The molecule has 1 aliphatic heterocycles. The van der Waals surface area contributed by atoms with E-state index in [0.717, 1.165) is 30.5 Å². The van der Waals surface area contributed by atoms with Crippen LogP contribution in [0.5, 0.6) is 5.75 Å². The molecular weight excluding hydrogens is 642 g/mol. The highest BCUT2D eigenvalue weighted by molar-refractivity contribution is 6.31. The van der Waals surface area contributed by atoms with Crippen molar-refractivity contribution < 1.29 is 37.0 Å². The van der Waals surface area contributed by atoms with Crippen molar-refractivity contribution in [3.8, 4) is 17.0 Å². The number of carbonyl (C=O) groups excluding carboxylic acids is 2. The molecule has 4 aromatic rings. The van der Waals surface area contributed by atoms with Gasteiger partial charge in [-0.25, -0.2) is 14.2 Å². The number of aromatic nitrogens is 2. The van der Waals surface area contributed by atoms with Crippen molar-refractivity contribution in [2.24, 2.45) is 0 Å². The van der Waals surface area contributed by atoms with Crippen molar-refractivity contribution in [2.75, 3.05) is 18.5 Å². The van der Waals surface area contributed by atoms with E-state index in [1.807, 2.05) is 0 Å². The van der Waals surface area contributed by atoms with Crippen LogP contribution in [0.25, 0.3) is 22.2 Å². The maximum Gasteiger partial charge on any atom is 0.424 e. The molecule has 47 heavy (non-hydrogen) atoms. The Morgan fingerprint density at radius 1 is 1.13 bits per heavy atom. The minimum Gasteiger partial charge on any atom is -0.490 e. The van der Waals surface area contributed by atoms with E-state index < -0.39 is 47.2 Å². The number of nitrogens with zero attached hydrogens (tertiary/aromatic N) is 2. The minimum absolute atomic E-state index is 0.0496. The fourth-order valence-corrected chi connectivity index (χ4v) is 5.55. The second kappa shape index (κ2) is 11.6. The molecule has 2 aromatic heterocycles. The average molecular weight is 672 g/mol. The monoisotopic (exact) mass is 671 g/mol. The van der Waals surface area contributed by atoms with Gasteiger partial charge in [-0.15, -0.1) is 0 Å². The van der Waals surface area contributed by atoms with E-state index in [2.05, 4.69) is 25.9 Å². The average Bonchev–Trinajstić information content (AvgIpc) is 3.76. The number of pyridine rings is 2. The molecule has 0 radical (unpaired) electrons. The van der Waals surface area contributed by atoms with E-state index in [4.69, 9.17) is 16.3 Å². The second-order valence-electron chi connectivity index (χ2n) is 12.6. The number of rotatable bonds is 7. The van der Waals surface area contributed by atoms with Crippen LogP contribution in [0.4, 0.5) is 28.0 Å². The van der Waals surface area contributed by atoms with E-state index in [9.17, 15) is 32.3 Å². The standard InChI is InChI=1S/C33H30ClF4N5O4/c1-16-8-18-9-19(11-24(26(18)39-13-16)42-30(45)41-20-5-6-20)29(44)40-14-32(46,33(36,37)38)25-12-21-28(47-15-31(21,2)3)27(43-25)17-4-7-23(35)22(34)10-17/h4,7-13,20,46H,5-6,14-15H2,1-3H3,(H,40,44)(H2,41,42,45)/t32-/m0/s1. The van der Waals surface area contributed by atoms with Gasteiger partial charge in [-0.2, -0.15) is 13.2 Å². The fraction of sp³-hybridized carbons (Fsp3) is 0.333. The Labute approximate surface area is 271 Å². The van der Waals surface area contributed by atoms with Gasteiger partial charge in [-0.1, -0.05) is 25.4 Å². The summed E-state index contributed by atoms with van der Waals surface area (Å²) in [5.74, 6) is -1.50. The van der Waals surface area contributed by atoms with Crippen molar-refractivity contribution in [2.45, 2.75) is 56.8 Å². The summed E-state index contributed by atoms with van der Waals surface area (Å²) >= 11 is 5.97. The number of urea groups is 1. The van der Waals surface area contributed by atoms with Gasteiger partial charge in [0.1, 0.15) is 17.3 Å². The third-order valence-corrected chi connectivity index (χ3v) is 8.50. The Morgan fingerprint density at radius 2 is 1.87 bits per heavy atom. The van der Waals surface area contributed by atoms with Crippen LogP contribution < -0.4 is 20.7 Å². The number of nitrogens with one attached hydrogen (secondary N) is 3. The quantitative estimate of drug-likeness (QED) is 0.166. The molecule has 14 heteroatoms. The molecule has 2 aliphatic rings. The Balaban J connectivity index is 1.37. The normalized spacial score (nSPS) is 16.6. The van der Waals surface area contributed by atoms with Crippen molar-refractivity contribution in [3.63, 3.8) is 0 Å². The predicted octanol–water partition coefficient (Wildman–Crippen LogP) is 6.53. The van der Waals surface area contributed by atoms with Crippen LogP contribution in [0.2, 0.25) is 5.02 Å². The maximum atomic E-state index is 14.8. The molecule has 246 valence electrons. The molecular formula is C33H30ClF4N5O4. The molecule has 4 N–H and O–H groups in total. The summed E-state index contributed by atoms with van der Waals surface area (Å²) in [5.41, 5.74) is -3.55. The number of carbonyl (C=O) groups is 2. The first-order chi connectivity index (χ1) is 22.1. The number of benzene rings is 2. The molecule has 3 amide bonds. The van der Waals surface area contributed by atoms with Crippen LogP contribution in [0, 0.1) is 12.7 Å². The van der Waals surface area contributed by atoms with E-state index in [-0.39, 0.29) is 45.9 Å². The lowest BCUT2D eigenvalue weighted by atomic mass is 9.84. The summed E-state index contributed by atoms with van der Waals surface area (Å²) in [6.07, 6.45) is -2.03. The van der Waals surface area contributed by atoms with Crippen LogP contribution in [0.3, 0.4) is 0 Å². The number of hydrogen-bond acceptors (Lipinski definition) is 6. The first-order valence-corrected chi connectivity index (χ1v) is 15.1. The Bertz CT molecular complexity index is 1930. The van der Waals surface area contributed by atoms with Gasteiger partial charge in [-0.3, -0.25) is 9.78 Å². The molecule has 2 aromatic carbocycles. The predicted molar refractivity (Wildman–Crippen MR) is 167 cm³/mol. The maximum absolute atomic E-state index is 14.8. The zero-order valence-electron chi connectivity index (χ0n) is 25.5. The largest absolute Gasteiger partial charge is 0.490 e. The lowest BCUT2D eigenvalue weighted by Crippen LogP contribution is -2.51. The number of hydrogen-bond donors (Lipinski definition) is 4. The number of fused-ring (bicyclic) bond motifs is 2. The fourth-order valence-electron chi connectivity index (χ4n) is 5.37. The van der Waals surface area contributed by atoms with Crippen molar-refractivity contribution in [1.82, 2.24) is 20.6 Å². The van der Waals surface area contributed by atoms with Crippen molar-refractivity contribution in [1.29, 1.82) is 0 Å². The lowest BCUT2D eigenvalue weighted by molar-refractivity contribution is -0.265. The summed E-state index contributed by atoms with van der Waals surface area (Å²) in [4.78, 5) is 34.5.